The number of nitrogens with zero attached hydrogens (tertiary/aromatic N) is 5. The van der Waals surface area contributed by atoms with E-state index in [1.807, 2.05) is 31.3 Å². The van der Waals surface area contributed by atoms with E-state index < -0.39 is 0 Å². The van der Waals surface area contributed by atoms with Gasteiger partial charge in [0.25, 0.3) is 0 Å². The van der Waals surface area contributed by atoms with E-state index in [0.717, 1.165) is 47.6 Å². The number of anilines is 2. The van der Waals surface area contributed by atoms with E-state index in [-0.39, 0.29) is 0 Å². The lowest BCUT2D eigenvalue weighted by Gasteiger charge is -2.08. The highest BCUT2D eigenvalue weighted by atomic mass is 15.2. The van der Waals surface area contributed by atoms with Gasteiger partial charge in [0.05, 0.1) is 6.20 Å². The number of nitrogens with one attached hydrogen (secondary N) is 2. The number of pyridine rings is 1. The van der Waals surface area contributed by atoms with Crippen LogP contribution in [0.1, 0.15) is 24.4 Å². The molecule has 1 aliphatic carbocycles. The van der Waals surface area contributed by atoms with E-state index >= 15 is 0 Å². The Morgan fingerprint density at radius 2 is 1.82 bits per heavy atom. The fraction of sp³-hybridized carbons (Fsp3) is 0.238. The second kappa shape index (κ2) is 7.01. The molecule has 0 spiro atoms. The van der Waals surface area contributed by atoms with Crippen LogP contribution >= 0.6 is 0 Å². The maximum Gasteiger partial charge on any atom is 0.229 e. The molecule has 0 aliphatic heterocycles. The Morgan fingerprint density at radius 3 is 2.54 bits per heavy atom. The van der Waals surface area contributed by atoms with E-state index in [1.54, 1.807) is 18.6 Å². The minimum atomic E-state index is 0.455. The smallest absolute Gasteiger partial charge is 0.229 e. The first kappa shape index (κ1) is 16.8. The summed E-state index contributed by atoms with van der Waals surface area (Å²) >= 11 is 0. The Kier molecular flexibility index (Phi) is 4.21. The predicted octanol–water partition coefficient (Wildman–Crippen LogP) is 3.69. The first-order valence-corrected chi connectivity index (χ1v) is 9.48. The van der Waals surface area contributed by atoms with Crippen LogP contribution in [0.2, 0.25) is 0 Å². The van der Waals surface area contributed by atoms with Gasteiger partial charge in [0.15, 0.2) is 5.65 Å². The number of rotatable bonds is 6. The third-order valence-corrected chi connectivity index (χ3v) is 4.87. The lowest BCUT2D eigenvalue weighted by molar-refractivity contribution is 0.766. The van der Waals surface area contributed by atoms with E-state index in [9.17, 15) is 0 Å². The van der Waals surface area contributed by atoms with E-state index in [0.29, 0.717) is 12.0 Å². The van der Waals surface area contributed by atoms with Gasteiger partial charge >= 0.3 is 0 Å². The molecule has 28 heavy (non-hydrogen) atoms. The van der Waals surface area contributed by atoms with Crippen LogP contribution in [0.5, 0.6) is 0 Å². The number of hydrogen-bond donors (Lipinski definition) is 2. The molecule has 1 fully saturated rings. The molecule has 1 aliphatic rings. The Bertz CT molecular complexity index is 1100. The van der Waals surface area contributed by atoms with Gasteiger partial charge in [-0.2, -0.15) is 4.98 Å². The second-order valence-electron chi connectivity index (χ2n) is 7.03. The normalized spacial score (nSPS) is 13.8. The quantitative estimate of drug-likeness (QED) is 0.538. The van der Waals surface area contributed by atoms with Crippen molar-refractivity contribution in [2.24, 2.45) is 0 Å². The molecular weight excluding hydrogens is 350 g/mol. The molecule has 0 saturated heterocycles. The summed E-state index contributed by atoms with van der Waals surface area (Å²) in [5.74, 6) is 1.51. The van der Waals surface area contributed by atoms with Crippen molar-refractivity contribution in [3.8, 4) is 11.4 Å². The molecule has 0 bridgehead atoms. The molecule has 1 saturated carbocycles. The largest absolute Gasteiger partial charge is 0.324 e. The van der Waals surface area contributed by atoms with Crippen molar-refractivity contribution < 1.29 is 0 Å². The van der Waals surface area contributed by atoms with Crippen LogP contribution in [-0.4, -0.2) is 31.6 Å². The highest BCUT2D eigenvalue weighted by molar-refractivity contribution is 5.78. The Labute approximate surface area is 162 Å². The van der Waals surface area contributed by atoms with Crippen LogP contribution in [0.25, 0.3) is 22.6 Å². The van der Waals surface area contributed by atoms with Gasteiger partial charge in [0.2, 0.25) is 5.95 Å². The lowest BCUT2D eigenvalue weighted by atomic mass is 10.2. The molecule has 5 rings (SSSR count). The van der Waals surface area contributed by atoms with Crippen molar-refractivity contribution >= 4 is 22.8 Å². The summed E-state index contributed by atoms with van der Waals surface area (Å²) in [5.41, 5.74) is 4.94. The molecule has 0 atom stereocenters. The Balaban J connectivity index is 1.51. The fourth-order valence-electron chi connectivity index (χ4n) is 3.37. The van der Waals surface area contributed by atoms with Crippen molar-refractivity contribution in [3.63, 3.8) is 0 Å². The number of imidazole rings is 1. The predicted molar refractivity (Wildman–Crippen MR) is 109 cm³/mol. The summed E-state index contributed by atoms with van der Waals surface area (Å²) < 4.78 is 2.24. The molecule has 2 N–H and O–H groups in total. The van der Waals surface area contributed by atoms with Crippen molar-refractivity contribution in [2.75, 3.05) is 12.4 Å². The molecule has 4 aromatic rings. The highest BCUT2D eigenvalue weighted by Gasteiger charge is 2.29. The summed E-state index contributed by atoms with van der Waals surface area (Å²) in [5, 5.41) is 6.46. The summed E-state index contributed by atoms with van der Waals surface area (Å²) in [6.45, 7) is 0.848. The topological polar surface area (TPSA) is 80.5 Å². The molecule has 0 amide bonds. The lowest BCUT2D eigenvalue weighted by Crippen LogP contribution is -2.05. The number of aromatic nitrogens is 5. The molecular formula is C21H21N7. The van der Waals surface area contributed by atoms with E-state index in [2.05, 4.69) is 37.3 Å². The van der Waals surface area contributed by atoms with Gasteiger partial charge in [-0.3, -0.25) is 4.98 Å². The molecule has 3 aromatic heterocycles. The van der Waals surface area contributed by atoms with Crippen molar-refractivity contribution in [2.45, 2.75) is 25.4 Å². The van der Waals surface area contributed by atoms with Gasteiger partial charge in [0, 0.05) is 36.2 Å². The Hall–Kier alpha value is -3.32. The van der Waals surface area contributed by atoms with E-state index in [4.69, 9.17) is 9.97 Å². The van der Waals surface area contributed by atoms with Crippen molar-refractivity contribution in [1.82, 2.24) is 29.8 Å². The highest BCUT2D eigenvalue weighted by Crippen LogP contribution is 2.40. The van der Waals surface area contributed by atoms with Crippen LogP contribution in [-0.2, 0) is 6.54 Å². The van der Waals surface area contributed by atoms with Gasteiger partial charge in [0.1, 0.15) is 11.3 Å². The van der Waals surface area contributed by atoms with Gasteiger partial charge in [-0.05, 0) is 49.7 Å². The number of hydrogen-bond acceptors (Lipinski definition) is 6. The van der Waals surface area contributed by atoms with Crippen LogP contribution in [0, 0.1) is 0 Å². The van der Waals surface area contributed by atoms with Gasteiger partial charge in [-0.15, -0.1) is 0 Å². The maximum atomic E-state index is 4.80. The summed E-state index contributed by atoms with van der Waals surface area (Å²) in [6.07, 6.45) is 7.70. The zero-order valence-electron chi connectivity index (χ0n) is 15.6. The third-order valence-electron chi connectivity index (χ3n) is 4.87. The van der Waals surface area contributed by atoms with Crippen molar-refractivity contribution in [1.29, 1.82) is 0 Å². The molecule has 7 heteroatoms. The molecule has 1 aromatic carbocycles. The maximum absolute atomic E-state index is 4.80. The molecule has 3 heterocycles. The number of fused-ring (bicyclic) bond motifs is 1. The van der Waals surface area contributed by atoms with Gasteiger partial charge < -0.3 is 15.2 Å². The fourth-order valence-corrected chi connectivity index (χ4v) is 3.37. The zero-order valence-corrected chi connectivity index (χ0v) is 15.6. The molecule has 0 radical (unpaired) electrons. The molecule has 140 valence electrons. The van der Waals surface area contributed by atoms with Gasteiger partial charge in [-0.25, -0.2) is 9.97 Å². The number of benzene rings is 1. The standard InChI is InChI=1S/C21H21N7/c1-22-12-14-2-4-16(5-3-14)25-21-24-13-18-20(27-21)28(17-6-7-17)19(26-18)15-8-10-23-11-9-15/h2-5,8-11,13,17,22H,6-7,12H2,1H3,(H,24,25,27). The first-order chi connectivity index (χ1) is 13.8. The van der Waals surface area contributed by atoms with Crippen LogP contribution in [0.3, 0.4) is 0 Å². The molecule has 0 unspecified atom stereocenters. The minimum absolute atomic E-state index is 0.455. The van der Waals surface area contributed by atoms with Crippen LogP contribution in [0.4, 0.5) is 11.6 Å². The zero-order chi connectivity index (χ0) is 18.9. The monoisotopic (exact) mass is 371 g/mol. The second-order valence-corrected chi connectivity index (χ2v) is 7.03. The first-order valence-electron chi connectivity index (χ1n) is 9.48. The third kappa shape index (κ3) is 3.20. The van der Waals surface area contributed by atoms with E-state index in [1.165, 1.54) is 5.56 Å². The average molecular weight is 371 g/mol. The summed E-state index contributed by atoms with van der Waals surface area (Å²) in [6, 6.07) is 12.7. The minimum Gasteiger partial charge on any atom is -0.324 e. The van der Waals surface area contributed by atoms with Crippen LogP contribution < -0.4 is 10.6 Å². The average Bonchev–Trinajstić information content (AvgIpc) is 3.50. The summed E-state index contributed by atoms with van der Waals surface area (Å²) in [4.78, 5) is 18.2. The Morgan fingerprint density at radius 1 is 1.04 bits per heavy atom. The van der Waals surface area contributed by atoms with Crippen molar-refractivity contribution in [3.05, 3.63) is 60.6 Å². The molecule has 7 nitrogen and oxygen atoms in total. The van der Waals surface area contributed by atoms with Gasteiger partial charge in [-0.1, -0.05) is 12.1 Å². The summed E-state index contributed by atoms with van der Waals surface area (Å²) in [7, 11) is 1.94. The van der Waals surface area contributed by atoms with Crippen LogP contribution in [0.15, 0.2) is 55.0 Å². The SMILES string of the molecule is CNCc1ccc(Nc2ncc3nc(-c4ccncc4)n(C4CC4)c3n2)cc1.